The maximum absolute atomic E-state index is 6.05. The van der Waals surface area contributed by atoms with Gasteiger partial charge in [0, 0.05) is 17.3 Å². The third-order valence-corrected chi connectivity index (χ3v) is 2.97. The summed E-state index contributed by atoms with van der Waals surface area (Å²) in [4.78, 5) is 8.47. The minimum Gasteiger partial charge on any atom is -0.494 e. The zero-order valence-electron chi connectivity index (χ0n) is 11.2. The van der Waals surface area contributed by atoms with Gasteiger partial charge in [0.25, 0.3) is 0 Å². The summed E-state index contributed by atoms with van der Waals surface area (Å²) in [5.74, 6) is 2.17. The molecule has 5 heteroatoms. The molecule has 1 heterocycles. The molecule has 0 bridgehead atoms. The van der Waals surface area contributed by atoms with Crippen LogP contribution < -0.4 is 10.1 Å². The molecule has 0 saturated carbocycles. The van der Waals surface area contributed by atoms with Gasteiger partial charge in [-0.25, -0.2) is 9.97 Å². The van der Waals surface area contributed by atoms with Gasteiger partial charge in [-0.15, -0.1) is 0 Å². The van der Waals surface area contributed by atoms with Crippen LogP contribution in [0.5, 0.6) is 5.75 Å². The van der Waals surface area contributed by atoms with Crippen LogP contribution in [0.4, 0.5) is 11.5 Å². The number of nitrogens with zero attached hydrogens (tertiary/aromatic N) is 2. The first kappa shape index (κ1) is 13.6. The molecule has 0 saturated heterocycles. The number of aryl methyl sites for hydroxylation is 1. The van der Waals surface area contributed by atoms with E-state index in [-0.39, 0.29) is 0 Å². The van der Waals surface area contributed by atoms with Crippen LogP contribution in [0, 0.1) is 13.8 Å². The third-order valence-electron chi connectivity index (χ3n) is 2.61. The lowest BCUT2D eigenvalue weighted by Crippen LogP contribution is -2.01. The van der Waals surface area contributed by atoms with E-state index in [9.17, 15) is 0 Å². The van der Waals surface area contributed by atoms with Crippen molar-refractivity contribution in [3.8, 4) is 5.75 Å². The first-order valence-electron chi connectivity index (χ1n) is 6.10. The highest BCUT2D eigenvalue weighted by Crippen LogP contribution is 2.25. The maximum atomic E-state index is 6.05. The Bertz CT molecular complexity index is 587. The average molecular weight is 278 g/mol. The summed E-state index contributed by atoms with van der Waals surface area (Å²) in [6.45, 7) is 6.29. The Kier molecular flexibility index (Phi) is 4.22. The fourth-order valence-corrected chi connectivity index (χ4v) is 1.89. The Hall–Kier alpha value is -1.81. The molecule has 0 spiro atoms. The van der Waals surface area contributed by atoms with Gasteiger partial charge in [-0.1, -0.05) is 17.7 Å². The van der Waals surface area contributed by atoms with Crippen LogP contribution in [0.15, 0.2) is 24.3 Å². The zero-order chi connectivity index (χ0) is 13.8. The molecule has 0 atom stereocenters. The highest BCUT2D eigenvalue weighted by Gasteiger charge is 2.07. The van der Waals surface area contributed by atoms with E-state index in [1.54, 1.807) is 0 Å². The molecule has 2 aromatic rings. The second-order valence-corrected chi connectivity index (χ2v) is 4.48. The monoisotopic (exact) mass is 277 g/mol. The van der Waals surface area contributed by atoms with Crippen molar-refractivity contribution in [2.75, 3.05) is 11.9 Å². The number of benzene rings is 1. The Morgan fingerprint density at radius 3 is 2.79 bits per heavy atom. The Morgan fingerprint density at radius 1 is 1.26 bits per heavy atom. The summed E-state index contributed by atoms with van der Waals surface area (Å²) in [6.07, 6.45) is 0. The molecule has 0 amide bonds. The van der Waals surface area contributed by atoms with Crippen molar-refractivity contribution >= 4 is 23.1 Å². The van der Waals surface area contributed by atoms with Gasteiger partial charge in [-0.2, -0.15) is 0 Å². The van der Waals surface area contributed by atoms with E-state index in [2.05, 4.69) is 15.3 Å². The number of ether oxygens (including phenoxy) is 1. The predicted molar refractivity (Wildman–Crippen MR) is 77.4 cm³/mol. The summed E-state index contributed by atoms with van der Waals surface area (Å²) in [5, 5.41) is 3.71. The SMILES string of the molecule is CCOc1cccc(Nc2nc(C)nc(Cl)c2C)c1. The zero-order valence-corrected chi connectivity index (χ0v) is 12.0. The molecule has 0 aliphatic carbocycles. The van der Waals surface area contributed by atoms with Crippen molar-refractivity contribution in [3.05, 3.63) is 40.8 Å². The van der Waals surface area contributed by atoms with E-state index in [0.717, 1.165) is 17.0 Å². The summed E-state index contributed by atoms with van der Waals surface area (Å²) in [5.41, 5.74) is 1.73. The maximum Gasteiger partial charge on any atom is 0.138 e. The van der Waals surface area contributed by atoms with E-state index in [4.69, 9.17) is 16.3 Å². The number of anilines is 2. The van der Waals surface area contributed by atoms with Gasteiger partial charge in [0.2, 0.25) is 0 Å². The molecular weight excluding hydrogens is 262 g/mol. The van der Waals surface area contributed by atoms with Crippen LogP contribution in [0.2, 0.25) is 5.15 Å². The number of nitrogens with one attached hydrogen (secondary N) is 1. The molecule has 19 heavy (non-hydrogen) atoms. The topological polar surface area (TPSA) is 47.0 Å². The Labute approximate surface area is 117 Å². The van der Waals surface area contributed by atoms with Crippen LogP contribution in [0.3, 0.4) is 0 Å². The van der Waals surface area contributed by atoms with E-state index in [0.29, 0.717) is 23.4 Å². The number of hydrogen-bond acceptors (Lipinski definition) is 4. The molecule has 0 radical (unpaired) electrons. The fourth-order valence-electron chi connectivity index (χ4n) is 1.68. The molecule has 2 rings (SSSR count). The second-order valence-electron chi connectivity index (χ2n) is 4.12. The van der Waals surface area contributed by atoms with Crippen LogP contribution >= 0.6 is 11.6 Å². The fraction of sp³-hybridized carbons (Fsp3) is 0.286. The Balaban J connectivity index is 2.28. The second kappa shape index (κ2) is 5.89. The molecule has 1 aromatic carbocycles. The lowest BCUT2D eigenvalue weighted by molar-refractivity contribution is 0.340. The first-order chi connectivity index (χ1) is 9.10. The number of rotatable bonds is 4. The molecule has 100 valence electrons. The van der Waals surface area contributed by atoms with Gasteiger partial charge < -0.3 is 10.1 Å². The van der Waals surface area contributed by atoms with Crippen LogP contribution in [-0.2, 0) is 0 Å². The molecule has 0 fully saturated rings. The Morgan fingerprint density at radius 2 is 2.05 bits per heavy atom. The van der Waals surface area contributed by atoms with Crippen molar-refractivity contribution < 1.29 is 4.74 Å². The number of aromatic nitrogens is 2. The van der Waals surface area contributed by atoms with E-state index in [1.165, 1.54) is 0 Å². The number of hydrogen-bond donors (Lipinski definition) is 1. The molecule has 1 N–H and O–H groups in total. The van der Waals surface area contributed by atoms with Gasteiger partial charge in [0.05, 0.1) is 6.61 Å². The minimum absolute atomic E-state index is 0.468. The van der Waals surface area contributed by atoms with Gasteiger partial charge in [-0.3, -0.25) is 0 Å². The van der Waals surface area contributed by atoms with Gasteiger partial charge in [0.1, 0.15) is 22.5 Å². The minimum atomic E-state index is 0.468. The van der Waals surface area contributed by atoms with E-state index >= 15 is 0 Å². The lowest BCUT2D eigenvalue weighted by atomic mass is 10.2. The quantitative estimate of drug-likeness (QED) is 0.861. The van der Waals surface area contributed by atoms with Crippen molar-refractivity contribution in [3.63, 3.8) is 0 Å². The smallest absolute Gasteiger partial charge is 0.138 e. The van der Waals surface area contributed by atoms with E-state index < -0.39 is 0 Å². The molecule has 0 unspecified atom stereocenters. The summed E-state index contributed by atoms with van der Waals surface area (Å²) < 4.78 is 5.46. The number of halogens is 1. The molecule has 1 aromatic heterocycles. The lowest BCUT2D eigenvalue weighted by Gasteiger charge is -2.11. The van der Waals surface area contributed by atoms with Crippen molar-refractivity contribution in [2.45, 2.75) is 20.8 Å². The predicted octanol–water partition coefficient (Wildman–Crippen LogP) is 3.89. The summed E-state index contributed by atoms with van der Waals surface area (Å²) >= 11 is 6.05. The van der Waals surface area contributed by atoms with Gasteiger partial charge >= 0.3 is 0 Å². The first-order valence-corrected chi connectivity index (χ1v) is 6.48. The van der Waals surface area contributed by atoms with Gasteiger partial charge in [-0.05, 0) is 32.9 Å². The van der Waals surface area contributed by atoms with Crippen LogP contribution in [0.1, 0.15) is 18.3 Å². The van der Waals surface area contributed by atoms with Crippen LogP contribution in [0.25, 0.3) is 0 Å². The van der Waals surface area contributed by atoms with Crippen molar-refractivity contribution in [1.82, 2.24) is 9.97 Å². The van der Waals surface area contributed by atoms with Crippen molar-refractivity contribution in [1.29, 1.82) is 0 Å². The summed E-state index contributed by atoms with van der Waals surface area (Å²) in [6, 6.07) is 7.72. The average Bonchev–Trinajstić information content (AvgIpc) is 2.36. The third kappa shape index (κ3) is 3.35. The highest BCUT2D eigenvalue weighted by molar-refractivity contribution is 6.30. The molecule has 4 nitrogen and oxygen atoms in total. The molecular formula is C14H16ClN3O. The molecule has 0 aliphatic heterocycles. The standard InChI is InChI=1S/C14H16ClN3O/c1-4-19-12-7-5-6-11(8-12)18-14-9(2)13(15)16-10(3)17-14/h5-8H,4H2,1-3H3,(H,16,17,18). The normalized spacial score (nSPS) is 10.3. The van der Waals surface area contributed by atoms with Crippen LogP contribution in [-0.4, -0.2) is 16.6 Å². The van der Waals surface area contributed by atoms with Crippen molar-refractivity contribution in [2.24, 2.45) is 0 Å². The molecule has 0 aliphatic rings. The largest absolute Gasteiger partial charge is 0.494 e. The summed E-state index contributed by atoms with van der Waals surface area (Å²) in [7, 11) is 0. The van der Waals surface area contributed by atoms with Gasteiger partial charge in [0.15, 0.2) is 0 Å². The van der Waals surface area contributed by atoms with E-state index in [1.807, 2.05) is 45.0 Å². The highest BCUT2D eigenvalue weighted by atomic mass is 35.5.